The van der Waals surface area contributed by atoms with Gasteiger partial charge in [-0.25, -0.2) is 0 Å². The number of rotatable bonds is 6. The van der Waals surface area contributed by atoms with Crippen LogP contribution in [-0.4, -0.2) is 33.8 Å². The van der Waals surface area contributed by atoms with Crippen molar-refractivity contribution in [2.24, 2.45) is 0 Å². The SMILES string of the molecule is COc1cc(OC)c(OC)cc1CNC(=O)c1ccc2c(c1)CCN2. The summed E-state index contributed by atoms with van der Waals surface area (Å²) in [7, 11) is 4.73. The van der Waals surface area contributed by atoms with E-state index in [9.17, 15) is 4.79 Å². The quantitative estimate of drug-likeness (QED) is 0.845. The zero-order chi connectivity index (χ0) is 17.8. The Balaban J connectivity index is 1.75. The van der Waals surface area contributed by atoms with E-state index in [0.29, 0.717) is 29.4 Å². The fourth-order valence-corrected chi connectivity index (χ4v) is 2.95. The van der Waals surface area contributed by atoms with Gasteiger partial charge in [0.2, 0.25) is 0 Å². The molecule has 6 nitrogen and oxygen atoms in total. The third kappa shape index (κ3) is 3.47. The zero-order valence-corrected chi connectivity index (χ0v) is 14.6. The lowest BCUT2D eigenvalue weighted by Gasteiger charge is -2.14. The smallest absolute Gasteiger partial charge is 0.251 e. The number of hydrogen-bond donors (Lipinski definition) is 2. The van der Waals surface area contributed by atoms with Gasteiger partial charge in [-0.3, -0.25) is 4.79 Å². The van der Waals surface area contributed by atoms with Crippen LogP contribution in [0, 0.1) is 0 Å². The van der Waals surface area contributed by atoms with Crippen LogP contribution in [0.1, 0.15) is 21.5 Å². The second-order valence-electron chi connectivity index (χ2n) is 5.75. The van der Waals surface area contributed by atoms with Gasteiger partial charge in [0.1, 0.15) is 5.75 Å². The van der Waals surface area contributed by atoms with Crippen LogP contribution in [0.3, 0.4) is 0 Å². The molecule has 0 saturated carbocycles. The summed E-state index contributed by atoms with van der Waals surface area (Å²) in [6.07, 6.45) is 0.944. The number of methoxy groups -OCH3 is 3. The maximum atomic E-state index is 12.5. The number of nitrogens with one attached hydrogen (secondary N) is 2. The number of ether oxygens (including phenoxy) is 3. The molecule has 0 saturated heterocycles. The molecule has 0 radical (unpaired) electrons. The summed E-state index contributed by atoms with van der Waals surface area (Å²) in [4.78, 5) is 12.5. The Morgan fingerprint density at radius 2 is 1.76 bits per heavy atom. The normalized spacial score (nSPS) is 12.1. The lowest BCUT2D eigenvalue weighted by atomic mass is 10.1. The van der Waals surface area contributed by atoms with Gasteiger partial charge in [-0.15, -0.1) is 0 Å². The molecule has 3 rings (SSSR count). The number of benzene rings is 2. The first-order valence-electron chi connectivity index (χ1n) is 8.10. The Hall–Kier alpha value is -2.89. The van der Waals surface area contributed by atoms with E-state index < -0.39 is 0 Å². The summed E-state index contributed by atoms with van der Waals surface area (Å²) >= 11 is 0. The molecule has 0 aromatic heterocycles. The molecule has 1 aliphatic heterocycles. The first-order chi connectivity index (χ1) is 12.2. The number of fused-ring (bicyclic) bond motifs is 1. The van der Waals surface area contributed by atoms with Crippen molar-refractivity contribution < 1.29 is 19.0 Å². The second kappa shape index (κ2) is 7.34. The number of carbonyl (C=O) groups is 1. The van der Waals surface area contributed by atoms with Crippen LogP contribution < -0.4 is 24.8 Å². The molecule has 0 atom stereocenters. The summed E-state index contributed by atoms with van der Waals surface area (Å²) < 4.78 is 16.0. The van der Waals surface area contributed by atoms with E-state index in [1.54, 1.807) is 27.4 Å². The number of amides is 1. The molecule has 1 aliphatic rings. The molecular formula is C19H22N2O4. The van der Waals surface area contributed by atoms with Gasteiger partial charge in [0.05, 0.1) is 21.3 Å². The van der Waals surface area contributed by atoms with Crippen molar-refractivity contribution in [2.75, 3.05) is 33.2 Å². The maximum Gasteiger partial charge on any atom is 0.251 e. The molecule has 2 aromatic rings. The molecule has 0 unspecified atom stereocenters. The highest BCUT2D eigenvalue weighted by molar-refractivity contribution is 5.95. The maximum absolute atomic E-state index is 12.5. The van der Waals surface area contributed by atoms with E-state index in [1.807, 2.05) is 24.3 Å². The minimum atomic E-state index is -0.119. The summed E-state index contributed by atoms with van der Waals surface area (Å²) in [6.45, 7) is 1.25. The Morgan fingerprint density at radius 1 is 1.04 bits per heavy atom. The van der Waals surface area contributed by atoms with Crippen LogP contribution >= 0.6 is 0 Å². The van der Waals surface area contributed by atoms with Gasteiger partial charge >= 0.3 is 0 Å². The highest BCUT2D eigenvalue weighted by Crippen LogP contribution is 2.34. The molecule has 25 heavy (non-hydrogen) atoms. The van der Waals surface area contributed by atoms with Gasteiger partial charge in [0.15, 0.2) is 11.5 Å². The van der Waals surface area contributed by atoms with Crippen LogP contribution in [-0.2, 0) is 13.0 Å². The van der Waals surface area contributed by atoms with E-state index in [-0.39, 0.29) is 5.91 Å². The second-order valence-corrected chi connectivity index (χ2v) is 5.75. The number of hydrogen-bond acceptors (Lipinski definition) is 5. The van der Waals surface area contributed by atoms with E-state index in [0.717, 1.165) is 24.2 Å². The average Bonchev–Trinajstić information content (AvgIpc) is 3.12. The largest absolute Gasteiger partial charge is 0.496 e. The molecule has 1 amide bonds. The fourth-order valence-electron chi connectivity index (χ4n) is 2.95. The van der Waals surface area contributed by atoms with Gasteiger partial charge in [-0.05, 0) is 36.2 Å². The summed E-state index contributed by atoms with van der Waals surface area (Å²) in [5.74, 6) is 1.69. The molecule has 0 spiro atoms. The molecule has 2 aromatic carbocycles. The molecule has 1 heterocycles. The lowest BCUT2D eigenvalue weighted by molar-refractivity contribution is 0.0950. The Kier molecular flexibility index (Phi) is 4.97. The van der Waals surface area contributed by atoms with Crippen molar-refractivity contribution in [1.82, 2.24) is 5.32 Å². The Bertz CT molecular complexity index is 789. The van der Waals surface area contributed by atoms with Gasteiger partial charge < -0.3 is 24.8 Å². The van der Waals surface area contributed by atoms with E-state index in [1.165, 1.54) is 5.56 Å². The van der Waals surface area contributed by atoms with Crippen LogP contribution in [0.2, 0.25) is 0 Å². The summed E-state index contributed by atoms with van der Waals surface area (Å²) in [5, 5.41) is 6.22. The Labute approximate surface area is 147 Å². The molecule has 0 fully saturated rings. The minimum Gasteiger partial charge on any atom is -0.496 e. The van der Waals surface area contributed by atoms with Crippen LogP contribution in [0.5, 0.6) is 17.2 Å². The predicted octanol–water partition coefficient (Wildman–Crippen LogP) is 2.61. The average molecular weight is 342 g/mol. The third-order valence-corrected chi connectivity index (χ3v) is 4.30. The third-order valence-electron chi connectivity index (χ3n) is 4.30. The van der Waals surface area contributed by atoms with Gasteiger partial charge in [-0.2, -0.15) is 0 Å². The van der Waals surface area contributed by atoms with Crippen molar-refractivity contribution in [2.45, 2.75) is 13.0 Å². The molecule has 132 valence electrons. The Morgan fingerprint density at radius 3 is 2.48 bits per heavy atom. The zero-order valence-electron chi connectivity index (χ0n) is 14.6. The summed E-state index contributed by atoms with van der Waals surface area (Å²) in [5.41, 5.74) is 3.76. The number of carbonyl (C=O) groups excluding carboxylic acids is 1. The van der Waals surface area contributed by atoms with E-state index in [4.69, 9.17) is 14.2 Å². The molecule has 0 aliphatic carbocycles. The highest BCUT2D eigenvalue weighted by Gasteiger charge is 2.15. The van der Waals surface area contributed by atoms with Gasteiger partial charge in [0.25, 0.3) is 5.91 Å². The van der Waals surface area contributed by atoms with Crippen molar-refractivity contribution in [3.05, 3.63) is 47.0 Å². The van der Waals surface area contributed by atoms with Crippen LogP contribution in [0.4, 0.5) is 5.69 Å². The van der Waals surface area contributed by atoms with Crippen molar-refractivity contribution in [1.29, 1.82) is 0 Å². The minimum absolute atomic E-state index is 0.119. The standard InChI is InChI=1S/C19H22N2O4/c1-23-16-10-18(25-3)17(24-2)9-14(16)11-21-19(22)13-4-5-15-12(8-13)6-7-20-15/h4-5,8-10,20H,6-7,11H2,1-3H3,(H,21,22). The summed E-state index contributed by atoms with van der Waals surface area (Å²) in [6, 6.07) is 9.29. The first kappa shape index (κ1) is 17.0. The van der Waals surface area contributed by atoms with Gasteiger partial charge in [0, 0.05) is 36.0 Å². The lowest BCUT2D eigenvalue weighted by Crippen LogP contribution is -2.23. The van der Waals surface area contributed by atoms with Crippen molar-refractivity contribution >= 4 is 11.6 Å². The monoisotopic (exact) mass is 342 g/mol. The van der Waals surface area contributed by atoms with E-state index >= 15 is 0 Å². The number of anilines is 1. The van der Waals surface area contributed by atoms with Crippen molar-refractivity contribution in [3.63, 3.8) is 0 Å². The first-order valence-corrected chi connectivity index (χ1v) is 8.10. The molecule has 0 bridgehead atoms. The molecule has 2 N–H and O–H groups in total. The molecule has 6 heteroatoms. The van der Waals surface area contributed by atoms with Crippen molar-refractivity contribution in [3.8, 4) is 17.2 Å². The fraction of sp³-hybridized carbons (Fsp3) is 0.316. The molecular weight excluding hydrogens is 320 g/mol. The topological polar surface area (TPSA) is 68.8 Å². The van der Waals surface area contributed by atoms with Gasteiger partial charge in [-0.1, -0.05) is 0 Å². The van der Waals surface area contributed by atoms with Crippen LogP contribution in [0.15, 0.2) is 30.3 Å². The predicted molar refractivity (Wildman–Crippen MR) is 95.9 cm³/mol. The van der Waals surface area contributed by atoms with E-state index in [2.05, 4.69) is 10.6 Å². The highest BCUT2D eigenvalue weighted by atomic mass is 16.5. The van der Waals surface area contributed by atoms with Crippen LogP contribution in [0.25, 0.3) is 0 Å².